The molecule has 0 radical (unpaired) electrons. The largest absolute Gasteiger partial charge is 0.456 e. The zero-order valence-corrected chi connectivity index (χ0v) is 16.1. The van der Waals surface area contributed by atoms with E-state index in [1.54, 1.807) is 0 Å². The van der Waals surface area contributed by atoms with Crippen LogP contribution in [0.1, 0.15) is 25.3 Å². The smallest absolute Gasteiger partial charge is 0.135 e. The van der Waals surface area contributed by atoms with Crippen molar-refractivity contribution < 1.29 is 4.42 Å². The standard InChI is InChI=1S/C27H22O/c1-18(2)21-14-22(19-8-4-3-5-9-19)16-23(15-21)20-12-13-27-25(17-20)24-10-6-7-11-26(24)28-27/h3-18H,1-2H3. The Labute approximate surface area is 165 Å². The lowest BCUT2D eigenvalue weighted by Gasteiger charge is -2.13. The molecule has 1 nitrogen and oxygen atoms in total. The zero-order chi connectivity index (χ0) is 19.1. The number of hydrogen-bond donors (Lipinski definition) is 0. The Hall–Kier alpha value is -3.32. The van der Waals surface area contributed by atoms with E-state index in [0.29, 0.717) is 5.92 Å². The van der Waals surface area contributed by atoms with Gasteiger partial charge in [-0.05, 0) is 58.0 Å². The van der Waals surface area contributed by atoms with E-state index < -0.39 is 0 Å². The molecule has 0 fully saturated rings. The van der Waals surface area contributed by atoms with Crippen LogP contribution in [0.5, 0.6) is 0 Å². The van der Waals surface area contributed by atoms with Crippen LogP contribution < -0.4 is 0 Å². The highest BCUT2D eigenvalue weighted by Gasteiger charge is 2.11. The summed E-state index contributed by atoms with van der Waals surface area (Å²) in [5.41, 5.74) is 8.22. The van der Waals surface area contributed by atoms with Crippen molar-refractivity contribution in [1.82, 2.24) is 0 Å². The Kier molecular flexibility index (Phi) is 4.02. The van der Waals surface area contributed by atoms with E-state index in [9.17, 15) is 0 Å². The van der Waals surface area contributed by atoms with Gasteiger partial charge in [-0.3, -0.25) is 0 Å². The number of fused-ring (bicyclic) bond motifs is 3. The van der Waals surface area contributed by atoms with Crippen molar-refractivity contribution in [1.29, 1.82) is 0 Å². The molecule has 1 heterocycles. The van der Waals surface area contributed by atoms with E-state index in [1.807, 2.05) is 12.1 Å². The average Bonchev–Trinajstić information content (AvgIpc) is 3.12. The van der Waals surface area contributed by atoms with Crippen LogP contribution >= 0.6 is 0 Å². The maximum Gasteiger partial charge on any atom is 0.135 e. The number of furan rings is 1. The molecule has 4 aromatic carbocycles. The topological polar surface area (TPSA) is 13.1 Å². The monoisotopic (exact) mass is 362 g/mol. The van der Waals surface area contributed by atoms with E-state index >= 15 is 0 Å². The lowest BCUT2D eigenvalue weighted by atomic mass is 9.91. The van der Waals surface area contributed by atoms with Gasteiger partial charge in [0.05, 0.1) is 0 Å². The summed E-state index contributed by atoms with van der Waals surface area (Å²) in [6.07, 6.45) is 0. The summed E-state index contributed by atoms with van der Waals surface area (Å²) < 4.78 is 6.00. The van der Waals surface area contributed by atoms with Crippen LogP contribution in [0, 0.1) is 0 Å². The van der Waals surface area contributed by atoms with Crippen molar-refractivity contribution in [2.24, 2.45) is 0 Å². The summed E-state index contributed by atoms with van der Waals surface area (Å²) in [4.78, 5) is 0. The summed E-state index contributed by atoms with van der Waals surface area (Å²) in [6, 6.07) is 32.3. The third kappa shape index (κ3) is 2.90. The van der Waals surface area contributed by atoms with E-state index in [-0.39, 0.29) is 0 Å². The minimum absolute atomic E-state index is 0.473. The molecule has 0 bridgehead atoms. The summed E-state index contributed by atoms with van der Waals surface area (Å²) in [5.74, 6) is 0.473. The first-order valence-electron chi connectivity index (χ1n) is 9.81. The molecule has 0 aliphatic carbocycles. The van der Waals surface area contributed by atoms with Crippen LogP contribution in [0.4, 0.5) is 0 Å². The summed E-state index contributed by atoms with van der Waals surface area (Å²) >= 11 is 0. The second-order valence-corrected chi connectivity index (χ2v) is 7.67. The highest BCUT2D eigenvalue weighted by atomic mass is 16.3. The van der Waals surface area contributed by atoms with Gasteiger partial charge in [0.25, 0.3) is 0 Å². The van der Waals surface area contributed by atoms with E-state index in [2.05, 4.69) is 92.7 Å². The second-order valence-electron chi connectivity index (χ2n) is 7.67. The predicted molar refractivity (Wildman–Crippen MR) is 119 cm³/mol. The van der Waals surface area contributed by atoms with Crippen LogP contribution in [0.2, 0.25) is 0 Å². The molecule has 5 aromatic rings. The maximum absolute atomic E-state index is 6.00. The second kappa shape index (κ2) is 6.69. The van der Waals surface area contributed by atoms with Crippen LogP contribution in [0.3, 0.4) is 0 Å². The molecule has 1 heteroatoms. The Balaban J connectivity index is 1.71. The van der Waals surface area contributed by atoms with Crippen LogP contribution in [0.15, 0.2) is 95.4 Å². The van der Waals surface area contributed by atoms with Crippen molar-refractivity contribution in [3.63, 3.8) is 0 Å². The van der Waals surface area contributed by atoms with Gasteiger partial charge in [0.1, 0.15) is 11.2 Å². The molecular weight excluding hydrogens is 340 g/mol. The molecule has 0 unspecified atom stereocenters. The molecule has 136 valence electrons. The molecule has 0 amide bonds. The van der Waals surface area contributed by atoms with Gasteiger partial charge in [0.15, 0.2) is 0 Å². The third-order valence-electron chi connectivity index (χ3n) is 5.44. The van der Waals surface area contributed by atoms with E-state index in [1.165, 1.54) is 38.6 Å². The molecule has 28 heavy (non-hydrogen) atoms. The minimum atomic E-state index is 0.473. The molecule has 5 rings (SSSR count). The molecule has 1 aromatic heterocycles. The van der Waals surface area contributed by atoms with Gasteiger partial charge in [-0.15, -0.1) is 0 Å². The van der Waals surface area contributed by atoms with E-state index in [0.717, 1.165) is 11.2 Å². The molecule has 0 spiro atoms. The van der Waals surface area contributed by atoms with Gasteiger partial charge in [-0.25, -0.2) is 0 Å². The van der Waals surface area contributed by atoms with Gasteiger partial charge in [0, 0.05) is 10.8 Å². The fourth-order valence-corrected chi connectivity index (χ4v) is 3.85. The first-order valence-corrected chi connectivity index (χ1v) is 9.81. The Morgan fingerprint density at radius 1 is 0.536 bits per heavy atom. The highest BCUT2D eigenvalue weighted by Crippen LogP contribution is 2.35. The Morgan fingerprint density at radius 3 is 2.00 bits per heavy atom. The zero-order valence-electron chi connectivity index (χ0n) is 16.1. The normalized spacial score (nSPS) is 11.5. The Bertz CT molecular complexity index is 1280. The lowest BCUT2D eigenvalue weighted by Crippen LogP contribution is -1.91. The SMILES string of the molecule is CC(C)c1cc(-c2ccccc2)cc(-c2ccc3oc4ccccc4c3c2)c1. The quantitative estimate of drug-likeness (QED) is 0.316. The number of hydrogen-bond acceptors (Lipinski definition) is 1. The molecule has 0 aliphatic rings. The van der Waals surface area contributed by atoms with Crippen LogP contribution in [-0.2, 0) is 0 Å². The van der Waals surface area contributed by atoms with Crippen molar-refractivity contribution >= 4 is 21.9 Å². The van der Waals surface area contributed by atoms with Crippen molar-refractivity contribution in [3.05, 3.63) is 96.6 Å². The fourth-order valence-electron chi connectivity index (χ4n) is 3.85. The van der Waals surface area contributed by atoms with Crippen LogP contribution in [-0.4, -0.2) is 0 Å². The summed E-state index contributed by atoms with van der Waals surface area (Å²) in [6.45, 7) is 4.50. The van der Waals surface area contributed by atoms with Gasteiger partial charge in [-0.1, -0.05) is 80.6 Å². The first kappa shape index (κ1) is 16.8. The summed E-state index contributed by atoms with van der Waals surface area (Å²) in [7, 11) is 0. The molecule has 0 saturated heterocycles. The molecule has 0 N–H and O–H groups in total. The van der Waals surface area contributed by atoms with Crippen molar-refractivity contribution in [2.45, 2.75) is 19.8 Å². The third-order valence-corrected chi connectivity index (χ3v) is 5.44. The number of rotatable bonds is 3. The first-order chi connectivity index (χ1) is 13.7. The molecule has 0 atom stereocenters. The molecular formula is C27H22O. The molecule has 0 aliphatic heterocycles. The van der Waals surface area contributed by atoms with Crippen molar-refractivity contribution in [3.8, 4) is 22.3 Å². The molecule has 0 saturated carbocycles. The number of para-hydroxylation sites is 1. The van der Waals surface area contributed by atoms with E-state index in [4.69, 9.17) is 4.42 Å². The van der Waals surface area contributed by atoms with Gasteiger partial charge in [-0.2, -0.15) is 0 Å². The highest BCUT2D eigenvalue weighted by molar-refractivity contribution is 6.06. The summed E-state index contributed by atoms with van der Waals surface area (Å²) in [5, 5.41) is 2.34. The fraction of sp³-hybridized carbons (Fsp3) is 0.111. The van der Waals surface area contributed by atoms with Crippen molar-refractivity contribution in [2.75, 3.05) is 0 Å². The average molecular weight is 362 g/mol. The van der Waals surface area contributed by atoms with Gasteiger partial charge < -0.3 is 4.42 Å². The number of benzene rings is 4. The lowest BCUT2D eigenvalue weighted by molar-refractivity contribution is 0.669. The predicted octanol–water partition coefficient (Wildman–Crippen LogP) is 8.04. The minimum Gasteiger partial charge on any atom is -0.456 e. The Morgan fingerprint density at radius 2 is 1.21 bits per heavy atom. The maximum atomic E-state index is 6.00. The van der Waals surface area contributed by atoms with Gasteiger partial charge >= 0.3 is 0 Å². The van der Waals surface area contributed by atoms with Gasteiger partial charge in [0.2, 0.25) is 0 Å². The van der Waals surface area contributed by atoms with Crippen LogP contribution in [0.25, 0.3) is 44.2 Å².